The van der Waals surface area contributed by atoms with Gasteiger partial charge in [-0.05, 0) is 18.2 Å². The Hall–Kier alpha value is -0.680. The molecule has 0 fully saturated rings. The Balaban J connectivity index is 2.83. The summed E-state index contributed by atoms with van der Waals surface area (Å²) in [4.78, 5) is 13.0. The third-order valence-electron chi connectivity index (χ3n) is 2.07. The van der Waals surface area contributed by atoms with Gasteiger partial charge in [0.1, 0.15) is 0 Å². The molecule has 94 valence electrons. The average Bonchev–Trinajstić information content (AvgIpc) is 2.27. The first-order chi connectivity index (χ1) is 8.04. The highest BCUT2D eigenvalue weighted by Crippen LogP contribution is 2.13. The minimum absolute atomic E-state index is 0.232. The number of hydrogen-bond acceptors (Lipinski definition) is 1. The molecular formula is C11H11BrClF2NO. The predicted molar refractivity (Wildman–Crippen MR) is 67.2 cm³/mol. The highest BCUT2D eigenvalue weighted by Gasteiger charge is 2.19. The van der Waals surface area contributed by atoms with Crippen molar-refractivity contribution >= 4 is 33.4 Å². The van der Waals surface area contributed by atoms with Crippen LogP contribution < -0.4 is 0 Å². The van der Waals surface area contributed by atoms with E-state index in [0.29, 0.717) is 15.9 Å². The van der Waals surface area contributed by atoms with E-state index in [4.69, 9.17) is 11.6 Å². The van der Waals surface area contributed by atoms with Gasteiger partial charge in [0, 0.05) is 22.5 Å². The minimum atomic E-state index is -2.54. The van der Waals surface area contributed by atoms with Gasteiger partial charge in [-0.15, -0.1) is 0 Å². The Morgan fingerprint density at radius 1 is 1.47 bits per heavy atom. The minimum Gasteiger partial charge on any atom is -0.332 e. The van der Waals surface area contributed by atoms with E-state index in [9.17, 15) is 13.6 Å². The van der Waals surface area contributed by atoms with Crippen molar-refractivity contribution in [2.24, 2.45) is 0 Å². The Morgan fingerprint density at radius 2 is 2.18 bits per heavy atom. The quantitative estimate of drug-likeness (QED) is 0.759. The number of halogens is 4. The zero-order valence-electron chi connectivity index (χ0n) is 8.88. The van der Waals surface area contributed by atoms with Crippen LogP contribution in [0.15, 0.2) is 24.3 Å². The molecule has 17 heavy (non-hydrogen) atoms. The lowest BCUT2D eigenvalue weighted by Crippen LogP contribution is -2.36. The largest absolute Gasteiger partial charge is 0.332 e. The monoisotopic (exact) mass is 325 g/mol. The summed E-state index contributed by atoms with van der Waals surface area (Å²) in [6.07, 6.45) is -2.54. The maximum Gasteiger partial charge on any atom is 0.255 e. The molecule has 1 amide bonds. The summed E-state index contributed by atoms with van der Waals surface area (Å²) in [5.74, 6) is -0.438. The number of carbonyl (C=O) groups is 1. The molecule has 1 aromatic rings. The van der Waals surface area contributed by atoms with Crippen LogP contribution in [0.5, 0.6) is 0 Å². The smallest absolute Gasteiger partial charge is 0.255 e. The van der Waals surface area contributed by atoms with Crippen molar-refractivity contribution in [2.45, 2.75) is 6.43 Å². The summed E-state index contributed by atoms with van der Waals surface area (Å²) >= 11 is 8.88. The number of carbonyl (C=O) groups excluding carboxylic acids is 1. The molecule has 0 atom stereocenters. The first-order valence-electron chi connectivity index (χ1n) is 4.93. The fraction of sp³-hybridized carbons (Fsp3) is 0.364. The molecular weight excluding hydrogens is 315 g/mol. The Kier molecular flexibility index (Phi) is 5.85. The van der Waals surface area contributed by atoms with Crippen molar-refractivity contribution in [3.05, 3.63) is 34.9 Å². The standard InChI is InChI=1S/C11H11BrClF2NO/c12-4-5-16(7-10(14)15)11(17)8-2-1-3-9(13)6-8/h1-3,6,10H,4-5,7H2. The van der Waals surface area contributed by atoms with Gasteiger partial charge >= 0.3 is 0 Å². The molecule has 0 saturated carbocycles. The fourth-order valence-corrected chi connectivity index (χ4v) is 1.97. The second-order valence-electron chi connectivity index (χ2n) is 3.34. The van der Waals surface area contributed by atoms with Crippen molar-refractivity contribution in [1.82, 2.24) is 4.90 Å². The molecule has 0 aromatic heterocycles. The van der Waals surface area contributed by atoms with Crippen LogP contribution in [0.4, 0.5) is 8.78 Å². The maximum absolute atomic E-state index is 12.3. The third-order valence-corrected chi connectivity index (χ3v) is 2.66. The molecule has 6 heteroatoms. The summed E-state index contributed by atoms with van der Waals surface area (Å²) in [6.45, 7) is -0.341. The highest BCUT2D eigenvalue weighted by atomic mass is 79.9. The average molecular weight is 327 g/mol. The summed E-state index contributed by atoms with van der Waals surface area (Å²) in [7, 11) is 0. The third kappa shape index (κ3) is 4.60. The van der Waals surface area contributed by atoms with Gasteiger partial charge in [-0.3, -0.25) is 4.79 Å². The van der Waals surface area contributed by atoms with E-state index < -0.39 is 18.9 Å². The summed E-state index contributed by atoms with van der Waals surface area (Å²) in [5, 5.41) is 0.859. The Bertz CT molecular complexity index is 389. The van der Waals surface area contributed by atoms with Gasteiger partial charge in [-0.2, -0.15) is 0 Å². The number of amides is 1. The molecule has 0 radical (unpaired) electrons. The van der Waals surface area contributed by atoms with Gasteiger partial charge in [0.25, 0.3) is 12.3 Å². The molecule has 2 nitrogen and oxygen atoms in total. The summed E-state index contributed by atoms with van der Waals surface area (Å²) in [5.41, 5.74) is 0.319. The molecule has 0 spiro atoms. The number of benzene rings is 1. The SMILES string of the molecule is O=C(c1cccc(Cl)c1)N(CCBr)CC(F)F. The molecule has 0 bridgehead atoms. The van der Waals surface area contributed by atoms with Gasteiger partial charge in [0.05, 0.1) is 6.54 Å². The van der Waals surface area contributed by atoms with E-state index >= 15 is 0 Å². The van der Waals surface area contributed by atoms with Crippen LogP contribution in [-0.2, 0) is 0 Å². The van der Waals surface area contributed by atoms with Gasteiger partial charge < -0.3 is 4.90 Å². The predicted octanol–water partition coefficient (Wildman–Crippen LogP) is 3.44. The van der Waals surface area contributed by atoms with Gasteiger partial charge in [0.15, 0.2) is 0 Å². The van der Waals surface area contributed by atoms with E-state index in [1.807, 2.05) is 0 Å². The maximum atomic E-state index is 12.3. The van der Waals surface area contributed by atoms with Crippen molar-refractivity contribution in [3.63, 3.8) is 0 Å². The first-order valence-corrected chi connectivity index (χ1v) is 6.43. The summed E-state index contributed by atoms with van der Waals surface area (Å²) < 4.78 is 24.7. The second kappa shape index (κ2) is 6.91. The molecule has 0 unspecified atom stereocenters. The van der Waals surface area contributed by atoms with Gasteiger partial charge in [-0.25, -0.2) is 8.78 Å². The lowest BCUT2D eigenvalue weighted by Gasteiger charge is -2.21. The fourth-order valence-electron chi connectivity index (χ4n) is 1.35. The molecule has 1 aromatic carbocycles. The second-order valence-corrected chi connectivity index (χ2v) is 4.57. The molecule has 0 aliphatic heterocycles. The Labute approximate surface area is 112 Å². The van der Waals surface area contributed by atoms with E-state index in [0.717, 1.165) is 4.90 Å². The lowest BCUT2D eigenvalue weighted by atomic mass is 10.2. The molecule has 0 saturated heterocycles. The molecule has 0 aliphatic rings. The van der Waals surface area contributed by atoms with Crippen molar-refractivity contribution in [1.29, 1.82) is 0 Å². The van der Waals surface area contributed by atoms with Gasteiger partial charge in [-0.1, -0.05) is 33.6 Å². The van der Waals surface area contributed by atoms with Crippen molar-refractivity contribution in [2.75, 3.05) is 18.4 Å². The molecule has 0 heterocycles. The van der Waals surface area contributed by atoms with Gasteiger partial charge in [0.2, 0.25) is 0 Å². The van der Waals surface area contributed by atoms with Crippen LogP contribution in [-0.4, -0.2) is 35.7 Å². The van der Waals surface area contributed by atoms with E-state index in [-0.39, 0.29) is 6.54 Å². The van der Waals surface area contributed by atoms with Crippen molar-refractivity contribution in [3.8, 4) is 0 Å². The molecule has 1 rings (SSSR count). The normalized spacial score (nSPS) is 10.6. The Morgan fingerprint density at radius 3 is 2.71 bits per heavy atom. The van der Waals surface area contributed by atoms with Crippen LogP contribution in [0, 0.1) is 0 Å². The lowest BCUT2D eigenvalue weighted by molar-refractivity contribution is 0.0572. The van der Waals surface area contributed by atoms with E-state index in [1.165, 1.54) is 6.07 Å². The zero-order chi connectivity index (χ0) is 12.8. The van der Waals surface area contributed by atoms with E-state index in [2.05, 4.69) is 15.9 Å². The highest BCUT2D eigenvalue weighted by molar-refractivity contribution is 9.09. The van der Waals surface area contributed by atoms with Crippen LogP contribution in [0.25, 0.3) is 0 Å². The molecule has 0 N–H and O–H groups in total. The summed E-state index contributed by atoms with van der Waals surface area (Å²) in [6, 6.07) is 6.27. The van der Waals surface area contributed by atoms with Crippen LogP contribution in [0.1, 0.15) is 10.4 Å². The number of nitrogens with zero attached hydrogens (tertiary/aromatic N) is 1. The molecule has 0 aliphatic carbocycles. The van der Waals surface area contributed by atoms with Crippen molar-refractivity contribution < 1.29 is 13.6 Å². The van der Waals surface area contributed by atoms with Crippen LogP contribution in [0.2, 0.25) is 5.02 Å². The van der Waals surface area contributed by atoms with E-state index in [1.54, 1.807) is 18.2 Å². The first kappa shape index (κ1) is 14.4. The number of alkyl halides is 3. The van der Waals surface area contributed by atoms with Crippen LogP contribution >= 0.6 is 27.5 Å². The topological polar surface area (TPSA) is 20.3 Å². The van der Waals surface area contributed by atoms with Crippen LogP contribution in [0.3, 0.4) is 0 Å². The number of hydrogen-bond donors (Lipinski definition) is 0. The zero-order valence-corrected chi connectivity index (χ0v) is 11.2. The number of rotatable bonds is 5.